The summed E-state index contributed by atoms with van der Waals surface area (Å²) < 4.78 is 0. The monoisotopic (exact) mass is 490 g/mol. The van der Waals surface area contributed by atoms with Crippen molar-refractivity contribution >= 4 is 24.1 Å². The summed E-state index contributed by atoms with van der Waals surface area (Å²) in [7, 11) is 0. The first-order valence-corrected chi connectivity index (χ1v) is 11.9. The van der Waals surface area contributed by atoms with Crippen LogP contribution in [0.3, 0.4) is 0 Å². The van der Waals surface area contributed by atoms with E-state index in [0.717, 1.165) is 5.56 Å². The standard InChI is InChI=1S/C23H38N8O4/c1-15-10-25-21(33)30-17(3)12-27-23(35)31(14-19-8-6-5-7-9-19)18(4)13-26-22(34)29-16(2)11-24-20(32)28-15/h5-9,15-18H,10-14H2,1-4H3,(H,27,35)(H2,24,28,32)(H2,25,30,33)(H2,26,29,34)/t15?,16-,17?,18+/m1/s1. The fourth-order valence-corrected chi connectivity index (χ4v) is 3.37. The summed E-state index contributed by atoms with van der Waals surface area (Å²) in [5.74, 6) is 0. The molecular formula is C23H38N8O4. The van der Waals surface area contributed by atoms with Gasteiger partial charge in [0.2, 0.25) is 0 Å². The smallest absolute Gasteiger partial charge is 0.318 e. The van der Waals surface area contributed by atoms with E-state index in [2.05, 4.69) is 37.2 Å². The number of carbonyl (C=O) groups is 4. The van der Waals surface area contributed by atoms with Gasteiger partial charge >= 0.3 is 24.1 Å². The highest BCUT2D eigenvalue weighted by atomic mass is 16.2. The summed E-state index contributed by atoms with van der Waals surface area (Å²) >= 11 is 0. The van der Waals surface area contributed by atoms with Gasteiger partial charge < -0.3 is 42.1 Å². The molecule has 0 saturated carbocycles. The molecule has 2 unspecified atom stereocenters. The molecule has 1 aromatic carbocycles. The van der Waals surface area contributed by atoms with Crippen LogP contribution in [-0.4, -0.2) is 79.4 Å². The lowest BCUT2D eigenvalue weighted by molar-refractivity contribution is 0.172. The van der Waals surface area contributed by atoms with Crippen molar-refractivity contribution in [3.63, 3.8) is 0 Å². The first-order valence-electron chi connectivity index (χ1n) is 11.9. The Kier molecular flexibility index (Phi) is 10.9. The molecule has 0 aliphatic carbocycles. The van der Waals surface area contributed by atoms with Crippen LogP contribution in [0.25, 0.3) is 0 Å². The zero-order valence-corrected chi connectivity index (χ0v) is 20.8. The average Bonchev–Trinajstić information content (AvgIpc) is 2.82. The molecule has 4 atom stereocenters. The van der Waals surface area contributed by atoms with E-state index in [-0.39, 0.29) is 56.4 Å². The second-order valence-corrected chi connectivity index (χ2v) is 8.91. The van der Waals surface area contributed by atoms with Crippen molar-refractivity contribution < 1.29 is 19.2 Å². The zero-order valence-electron chi connectivity index (χ0n) is 20.8. The van der Waals surface area contributed by atoms with Gasteiger partial charge in [0.15, 0.2) is 0 Å². The minimum absolute atomic E-state index is 0.214. The van der Waals surface area contributed by atoms with Gasteiger partial charge in [0.25, 0.3) is 0 Å². The van der Waals surface area contributed by atoms with Gasteiger partial charge in [0, 0.05) is 56.9 Å². The molecule has 1 aliphatic rings. The van der Waals surface area contributed by atoms with Crippen LogP contribution in [0.2, 0.25) is 0 Å². The van der Waals surface area contributed by atoms with Crippen LogP contribution in [0, 0.1) is 0 Å². The van der Waals surface area contributed by atoms with Crippen LogP contribution in [0.5, 0.6) is 0 Å². The van der Waals surface area contributed by atoms with Crippen LogP contribution in [-0.2, 0) is 6.54 Å². The van der Waals surface area contributed by atoms with Crippen molar-refractivity contribution in [2.24, 2.45) is 0 Å². The molecule has 7 N–H and O–H groups in total. The van der Waals surface area contributed by atoms with Gasteiger partial charge in [-0.25, -0.2) is 19.2 Å². The summed E-state index contributed by atoms with van der Waals surface area (Å²) in [5.41, 5.74) is 0.950. The Bertz CT molecular complexity index is 853. The largest absolute Gasteiger partial charge is 0.336 e. The first kappa shape index (κ1) is 27.5. The maximum atomic E-state index is 13.1. The highest BCUT2D eigenvalue weighted by molar-refractivity contribution is 5.77. The van der Waals surface area contributed by atoms with E-state index in [1.54, 1.807) is 25.7 Å². The Hall–Kier alpha value is -3.70. The molecule has 1 fully saturated rings. The summed E-state index contributed by atoms with van der Waals surface area (Å²) in [5, 5.41) is 19.3. The quantitative estimate of drug-likeness (QED) is 0.325. The van der Waals surface area contributed by atoms with Crippen molar-refractivity contribution in [2.45, 2.75) is 58.4 Å². The molecule has 0 bridgehead atoms. The molecule has 0 spiro atoms. The molecule has 35 heavy (non-hydrogen) atoms. The second-order valence-electron chi connectivity index (χ2n) is 8.91. The minimum atomic E-state index is -0.399. The minimum Gasteiger partial charge on any atom is -0.336 e. The Morgan fingerprint density at radius 3 is 1.57 bits per heavy atom. The Morgan fingerprint density at radius 1 is 0.657 bits per heavy atom. The van der Waals surface area contributed by atoms with Crippen molar-refractivity contribution in [1.29, 1.82) is 0 Å². The second kappa shape index (κ2) is 13.9. The van der Waals surface area contributed by atoms with Gasteiger partial charge in [-0.1, -0.05) is 30.3 Å². The fourth-order valence-electron chi connectivity index (χ4n) is 3.37. The average molecular weight is 491 g/mol. The van der Waals surface area contributed by atoms with Crippen molar-refractivity contribution in [3.05, 3.63) is 35.9 Å². The molecule has 12 nitrogen and oxygen atoms in total. The molecular weight excluding hydrogens is 452 g/mol. The van der Waals surface area contributed by atoms with Gasteiger partial charge in [-0.05, 0) is 33.3 Å². The number of nitrogens with zero attached hydrogens (tertiary/aromatic N) is 1. The summed E-state index contributed by atoms with van der Waals surface area (Å²) in [6.07, 6.45) is 0. The number of rotatable bonds is 2. The first-order chi connectivity index (χ1) is 16.6. The molecule has 1 saturated heterocycles. The van der Waals surface area contributed by atoms with Crippen LogP contribution >= 0.6 is 0 Å². The van der Waals surface area contributed by atoms with Crippen LogP contribution in [0.4, 0.5) is 19.2 Å². The molecule has 12 heteroatoms. The lowest BCUT2D eigenvalue weighted by atomic mass is 10.2. The highest BCUT2D eigenvalue weighted by Crippen LogP contribution is 2.09. The lowest BCUT2D eigenvalue weighted by Gasteiger charge is -2.30. The van der Waals surface area contributed by atoms with Gasteiger partial charge in [-0.3, -0.25) is 0 Å². The molecule has 2 rings (SSSR count). The molecule has 0 aromatic heterocycles. The molecule has 1 aromatic rings. The summed E-state index contributed by atoms with van der Waals surface area (Å²) in [6, 6.07) is 6.76. The number of hydrogen-bond donors (Lipinski definition) is 7. The topological polar surface area (TPSA) is 156 Å². The number of urea groups is 4. The van der Waals surface area contributed by atoms with Crippen LogP contribution in [0.15, 0.2) is 30.3 Å². The third-order valence-electron chi connectivity index (χ3n) is 5.38. The maximum absolute atomic E-state index is 13.1. The number of carbonyl (C=O) groups excluding carboxylic acids is 4. The van der Waals surface area contributed by atoms with Gasteiger partial charge in [-0.15, -0.1) is 0 Å². The normalized spacial score (nSPS) is 26.0. The Morgan fingerprint density at radius 2 is 1.09 bits per heavy atom. The summed E-state index contributed by atoms with van der Waals surface area (Å²) in [4.78, 5) is 51.3. The fraction of sp³-hybridized carbons (Fsp3) is 0.565. The van der Waals surface area contributed by atoms with E-state index in [9.17, 15) is 19.2 Å². The maximum Gasteiger partial charge on any atom is 0.318 e. The van der Waals surface area contributed by atoms with E-state index in [1.807, 2.05) is 37.3 Å². The SMILES string of the molecule is CC1CNC(=O)NC(C)CNC(=O)N(Cc2ccccc2)[C@@H](C)CNC(=O)N[C@H](C)CNC(=O)N1. The van der Waals surface area contributed by atoms with Gasteiger partial charge in [-0.2, -0.15) is 0 Å². The van der Waals surface area contributed by atoms with Crippen LogP contribution in [0.1, 0.15) is 33.3 Å². The highest BCUT2D eigenvalue weighted by Gasteiger charge is 2.22. The molecule has 0 radical (unpaired) electrons. The van der Waals surface area contributed by atoms with Crippen molar-refractivity contribution in [3.8, 4) is 0 Å². The van der Waals surface area contributed by atoms with E-state index in [4.69, 9.17) is 0 Å². The number of nitrogens with one attached hydrogen (secondary N) is 7. The molecule has 8 amide bonds. The molecule has 1 aliphatic heterocycles. The predicted octanol–water partition coefficient (Wildman–Crippen LogP) is 0.663. The van der Waals surface area contributed by atoms with E-state index in [1.165, 1.54) is 0 Å². The number of benzene rings is 1. The Labute approximate surface area is 206 Å². The van der Waals surface area contributed by atoms with Crippen LogP contribution < -0.4 is 37.2 Å². The molecule has 194 valence electrons. The molecule has 1 heterocycles. The number of amides is 8. The van der Waals surface area contributed by atoms with E-state index in [0.29, 0.717) is 6.54 Å². The van der Waals surface area contributed by atoms with E-state index < -0.39 is 18.1 Å². The summed E-state index contributed by atoms with van der Waals surface area (Å²) in [6.45, 7) is 8.37. The third-order valence-corrected chi connectivity index (χ3v) is 5.38. The van der Waals surface area contributed by atoms with Gasteiger partial charge in [0.05, 0.1) is 0 Å². The van der Waals surface area contributed by atoms with Crippen molar-refractivity contribution in [1.82, 2.24) is 42.1 Å². The number of hydrogen-bond acceptors (Lipinski definition) is 4. The Balaban J connectivity index is 2.10. The lowest BCUT2D eigenvalue weighted by Crippen LogP contribution is -2.55. The van der Waals surface area contributed by atoms with E-state index >= 15 is 0 Å². The van der Waals surface area contributed by atoms with Gasteiger partial charge in [0.1, 0.15) is 0 Å². The third kappa shape index (κ3) is 10.4. The van der Waals surface area contributed by atoms with Crippen molar-refractivity contribution in [2.75, 3.05) is 26.2 Å². The predicted molar refractivity (Wildman–Crippen MR) is 133 cm³/mol. The zero-order chi connectivity index (χ0) is 25.8.